The Kier molecular flexibility index (Phi) is 3.23. The minimum atomic E-state index is 0.453. The molecule has 1 aromatic carbocycles. The molecule has 4 nitrogen and oxygen atoms in total. The summed E-state index contributed by atoms with van der Waals surface area (Å²) in [5, 5.41) is 0. The molecule has 0 unspecified atom stereocenters. The van der Waals surface area contributed by atoms with E-state index in [0.29, 0.717) is 18.1 Å². The summed E-state index contributed by atoms with van der Waals surface area (Å²) in [5.74, 6) is 1.53. The monoisotopic (exact) mass is 230 g/mol. The predicted molar refractivity (Wildman–Crippen MR) is 65.3 cm³/mol. The number of aromatic amines is 1. The SMILES string of the molecule is CCOc1ccc(-c2nc(C=O)c(C)[nH]2)cc1. The van der Waals surface area contributed by atoms with Crippen molar-refractivity contribution in [3.63, 3.8) is 0 Å². The van der Waals surface area contributed by atoms with Gasteiger partial charge in [0.2, 0.25) is 0 Å². The minimum Gasteiger partial charge on any atom is -0.494 e. The lowest BCUT2D eigenvalue weighted by molar-refractivity contribution is 0.111. The number of aryl methyl sites for hydroxylation is 1. The molecule has 0 aliphatic rings. The second-order valence-corrected chi connectivity index (χ2v) is 3.67. The first-order valence-electron chi connectivity index (χ1n) is 5.49. The molecule has 1 N–H and O–H groups in total. The van der Waals surface area contributed by atoms with Crippen molar-refractivity contribution >= 4 is 6.29 Å². The summed E-state index contributed by atoms with van der Waals surface area (Å²) in [6, 6.07) is 7.60. The molecule has 17 heavy (non-hydrogen) atoms. The predicted octanol–water partition coefficient (Wildman–Crippen LogP) is 2.60. The molecule has 0 atom stereocenters. The summed E-state index contributed by atoms with van der Waals surface area (Å²) in [4.78, 5) is 18.0. The average Bonchev–Trinajstić information content (AvgIpc) is 2.72. The first kappa shape index (κ1) is 11.4. The summed E-state index contributed by atoms with van der Waals surface area (Å²) in [5.41, 5.74) is 2.17. The number of hydrogen-bond donors (Lipinski definition) is 1. The molecule has 88 valence electrons. The highest BCUT2D eigenvalue weighted by Gasteiger charge is 2.07. The van der Waals surface area contributed by atoms with Gasteiger partial charge in [0.1, 0.15) is 17.3 Å². The number of aldehydes is 1. The standard InChI is InChI=1S/C13H14N2O2/c1-3-17-11-6-4-10(5-7-11)13-14-9(2)12(8-16)15-13/h4-8H,3H2,1-2H3,(H,14,15). The highest BCUT2D eigenvalue weighted by molar-refractivity contribution is 5.75. The van der Waals surface area contributed by atoms with Gasteiger partial charge in [-0.2, -0.15) is 0 Å². The Morgan fingerprint density at radius 3 is 2.59 bits per heavy atom. The first-order valence-corrected chi connectivity index (χ1v) is 5.49. The Balaban J connectivity index is 2.29. The lowest BCUT2D eigenvalue weighted by atomic mass is 10.2. The van der Waals surface area contributed by atoms with Gasteiger partial charge in [0, 0.05) is 11.3 Å². The molecule has 0 amide bonds. The maximum absolute atomic E-state index is 10.7. The van der Waals surface area contributed by atoms with Crippen LogP contribution in [-0.4, -0.2) is 22.9 Å². The Bertz CT molecular complexity index is 515. The van der Waals surface area contributed by atoms with Gasteiger partial charge in [-0.25, -0.2) is 4.98 Å². The van der Waals surface area contributed by atoms with Gasteiger partial charge in [-0.1, -0.05) is 0 Å². The molecule has 2 aromatic rings. The van der Waals surface area contributed by atoms with Gasteiger partial charge in [0.05, 0.1) is 6.61 Å². The van der Waals surface area contributed by atoms with Crippen LogP contribution in [0, 0.1) is 6.92 Å². The first-order chi connectivity index (χ1) is 8.24. The number of imidazole rings is 1. The van der Waals surface area contributed by atoms with Crippen LogP contribution < -0.4 is 4.74 Å². The average molecular weight is 230 g/mol. The number of aromatic nitrogens is 2. The highest BCUT2D eigenvalue weighted by atomic mass is 16.5. The van der Waals surface area contributed by atoms with Crippen LogP contribution in [0.1, 0.15) is 23.1 Å². The zero-order chi connectivity index (χ0) is 12.3. The highest BCUT2D eigenvalue weighted by Crippen LogP contribution is 2.20. The van der Waals surface area contributed by atoms with Crippen molar-refractivity contribution in [2.45, 2.75) is 13.8 Å². The fraction of sp³-hybridized carbons (Fsp3) is 0.231. The van der Waals surface area contributed by atoms with E-state index in [0.717, 1.165) is 23.3 Å². The third-order valence-corrected chi connectivity index (χ3v) is 2.47. The summed E-state index contributed by atoms with van der Waals surface area (Å²) in [6.45, 7) is 4.42. The van der Waals surface area contributed by atoms with Gasteiger partial charge in [0.15, 0.2) is 6.29 Å². The van der Waals surface area contributed by atoms with Crippen LogP contribution in [0.4, 0.5) is 0 Å². The van der Waals surface area contributed by atoms with E-state index in [1.807, 2.05) is 38.1 Å². The normalized spacial score (nSPS) is 10.2. The Labute approximate surface area is 99.7 Å². The molecule has 0 aliphatic carbocycles. The number of carbonyl (C=O) groups is 1. The van der Waals surface area contributed by atoms with Crippen molar-refractivity contribution in [1.82, 2.24) is 9.97 Å². The molecule has 0 radical (unpaired) electrons. The minimum absolute atomic E-state index is 0.453. The molecule has 1 aromatic heterocycles. The molecule has 0 spiro atoms. The van der Waals surface area contributed by atoms with Gasteiger partial charge in [-0.05, 0) is 38.1 Å². The summed E-state index contributed by atoms with van der Waals surface area (Å²) >= 11 is 0. The Morgan fingerprint density at radius 2 is 2.06 bits per heavy atom. The number of nitrogens with one attached hydrogen (secondary N) is 1. The number of benzene rings is 1. The van der Waals surface area contributed by atoms with Gasteiger partial charge in [0.25, 0.3) is 0 Å². The van der Waals surface area contributed by atoms with E-state index in [2.05, 4.69) is 9.97 Å². The summed E-state index contributed by atoms with van der Waals surface area (Å²) in [6.07, 6.45) is 0.754. The van der Waals surface area contributed by atoms with Crippen molar-refractivity contribution < 1.29 is 9.53 Å². The fourth-order valence-electron chi connectivity index (χ4n) is 1.60. The molecule has 1 heterocycles. The fourth-order valence-corrected chi connectivity index (χ4v) is 1.60. The molecule has 0 saturated heterocycles. The molecule has 0 aliphatic heterocycles. The van der Waals surface area contributed by atoms with E-state index in [9.17, 15) is 4.79 Å². The Hall–Kier alpha value is -2.10. The van der Waals surface area contributed by atoms with Crippen LogP contribution in [0.5, 0.6) is 5.75 Å². The van der Waals surface area contributed by atoms with E-state index < -0.39 is 0 Å². The molecule has 0 fully saturated rings. The number of rotatable bonds is 4. The maximum Gasteiger partial charge on any atom is 0.170 e. The second kappa shape index (κ2) is 4.82. The number of H-pyrrole nitrogens is 1. The van der Waals surface area contributed by atoms with Crippen molar-refractivity contribution in [3.05, 3.63) is 35.7 Å². The molecule has 4 heteroatoms. The largest absolute Gasteiger partial charge is 0.494 e. The zero-order valence-corrected chi connectivity index (χ0v) is 9.86. The van der Waals surface area contributed by atoms with Crippen molar-refractivity contribution in [2.75, 3.05) is 6.61 Å². The van der Waals surface area contributed by atoms with Crippen LogP contribution in [-0.2, 0) is 0 Å². The van der Waals surface area contributed by atoms with Crippen LogP contribution in [0.3, 0.4) is 0 Å². The summed E-state index contributed by atoms with van der Waals surface area (Å²) in [7, 11) is 0. The molecule has 0 bridgehead atoms. The molecular formula is C13H14N2O2. The van der Waals surface area contributed by atoms with Crippen molar-refractivity contribution in [2.24, 2.45) is 0 Å². The topological polar surface area (TPSA) is 55.0 Å². The van der Waals surface area contributed by atoms with Gasteiger partial charge in [-0.3, -0.25) is 4.79 Å². The van der Waals surface area contributed by atoms with Crippen LogP contribution >= 0.6 is 0 Å². The molecule has 2 rings (SSSR count). The molecule has 0 saturated carbocycles. The number of ether oxygens (including phenoxy) is 1. The Morgan fingerprint density at radius 1 is 1.35 bits per heavy atom. The smallest absolute Gasteiger partial charge is 0.170 e. The summed E-state index contributed by atoms with van der Waals surface area (Å²) < 4.78 is 5.36. The van der Waals surface area contributed by atoms with Crippen LogP contribution in [0.15, 0.2) is 24.3 Å². The number of carbonyl (C=O) groups excluding carboxylic acids is 1. The van der Waals surface area contributed by atoms with E-state index in [1.165, 1.54) is 0 Å². The van der Waals surface area contributed by atoms with Crippen molar-refractivity contribution in [1.29, 1.82) is 0 Å². The number of hydrogen-bond acceptors (Lipinski definition) is 3. The van der Waals surface area contributed by atoms with E-state index in [-0.39, 0.29) is 0 Å². The van der Waals surface area contributed by atoms with Crippen LogP contribution in [0.25, 0.3) is 11.4 Å². The maximum atomic E-state index is 10.7. The van der Waals surface area contributed by atoms with Gasteiger partial charge >= 0.3 is 0 Å². The third-order valence-electron chi connectivity index (χ3n) is 2.47. The lowest BCUT2D eigenvalue weighted by Gasteiger charge is -2.03. The quantitative estimate of drug-likeness (QED) is 0.821. The van der Waals surface area contributed by atoms with E-state index in [1.54, 1.807) is 0 Å². The second-order valence-electron chi connectivity index (χ2n) is 3.67. The van der Waals surface area contributed by atoms with Crippen molar-refractivity contribution in [3.8, 4) is 17.1 Å². The van der Waals surface area contributed by atoms with Gasteiger partial charge in [-0.15, -0.1) is 0 Å². The zero-order valence-electron chi connectivity index (χ0n) is 9.86. The van der Waals surface area contributed by atoms with E-state index >= 15 is 0 Å². The molecular weight excluding hydrogens is 216 g/mol. The third kappa shape index (κ3) is 2.36. The van der Waals surface area contributed by atoms with E-state index in [4.69, 9.17) is 4.74 Å². The van der Waals surface area contributed by atoms with Crippen LogP contribution in [0.2, 0.25) is 0 Å². The number of nitrogens with zero attached hydrogens (tertiary/aromatic N) is 1. The van der Waals surface area contributed by atoms with Gasteiger partial charge < -0.3 is 9.72 Å². The lowest BCUT2D eigenvalue weighted by Crippen LogP contribution is -1.90.